The van der Waals surface area contributed by atoms with Crippen molar-refractivity contribution in [1.29, 1.82) is 0 Å². The largest absolute Gasteiger partial charge is 0.483 e. The molecular formula is C13H17NO4S2. The second-order valence-corrected chi connectivity index (χ2v) is 6.53. The lowest BCUT2D eigenvalue weighted by Crippen LogP contribution is -2.51. The van der Waals surface area contributed by atoms with Crippen LogP contribution in [0.25, 0.3) is 0 Å². The second-order valence-electron chi connectivity index (χ2n) is 4.48. The summed E-state index contributed by atoms with van der Waals surface area (Å²) < 4.78 is 22.1. The third kappa shape index (κ3) is 2.99. The van der Waals surface area contributed by atoms with Crippen LogP contribution in [0.15, 0.2) is 29.2 Å². The Hall–Kier alpha value is -1.05. The van der Waals surface area contributed by atoms with E-state index in [1.807, 2.05) is 0 Å². The highest BCUT2D eigenvalue weighted by Crippen LogP contribution is 2.32. The highest BCUT2D eigenvalue weighted by molar-refractivity contribution is 7.87. The Morgan fingerprint density at radius 2 is 1.95 bits per heavy atom. The van der Waals surface area contributed by atoms with E-state index < -0.39 is 21.5 Å². The Morgan fingerprint density at radius 3 is 2.45 bits per heavy atom. The molecule has 2 rings (SSSR count). The van der Waals surface area contributed by atoms with E-state index in [-0.39, 0.29) is 5.94 Å². The number of carbonyl (C=O) groups excluding carboxylic acids is 1. The van der Waals surface area contributed by atoms with E-state index in [1.165, 1.54) is 0 Å². The van der Waals surface area contributed by atoms with E-state index in [9.17, 15) is 9.00 Å². The molecule has 110 valence electrons. The average molecular weight is 315 g/mol. The van der Waals surface area contributed by atoms with Crippen LogP contribution in [0.3, 0.4) is 0 Å². The molecule has 0 bridgehead atoms. The molecule has 20 heavy (non-hydrogen) atoms. The quantitative estimate of drug-likeness (QED) is 0.630. The fourth-order valence-corrected chi connectivity index (χ4v) is 3.89. The molecular weight excluding hydrogens is 298 g/mol. The van der Waals surface area contributed by atoms with E-state index in [0.29, 0.717) is 36.7 Å². The van der Waals surface area contributed by atoms with Crippen molar-refractivity contribution in [2.24, 2.45) is 5.73 Å². The van der Waals surface area contributed by atoms with Gasteiger partial charge in [0.15, 0.2) is 0 Å². The summed E-state index contributed by atoms with van der Waals surface area (Å²) in [6, 6.07) is 6.79. The summed E-state index contributed by atoms with van der Waals surface area (Å²) in [7, 11) is -1.50. The summed E-state index contributed by atoms with van der Waals surface area (Å²) in [6.45, 7) is 0.797. The number of hydrogen-bond acceptors (Lipinski definition) is 5. The molecule has 0 aliphatic carbocycles. The molecule has 2 N–H and O–H groups in total. The van der Waals surface area contributed by atoms with Gasteiger partial charge in [-0.1, -0.05) is 0 Å². The van der Waals surface area contributed by atoms with Gasteiger partial charge in [-0.15, -0.1) is 12.6 Å². The first-order valence-corrected chi connectivity index (χ1v) is 8.01. The summed E-state index contributed by atoms with van der Waals surface area (Å²) in [5, 5.41) is 0. The molecule has 1 aromatic carbocycles. The molecule has 1 unspecified atom stereocenters. The van der Waals surface area contributed by atoms with Crippen LogP contribution in [-0.2, 0) is 20.3 Å². The van der Waals surface area contributed by atoms with Gasteiger partial charge in [0, 0.05) is 18.1 Å². The summed E-state index contributed by atoms with van der Waals surface area (Å²) in [5.41, 5.74) is 5.50. The lowest BCUT2D eigenvalue weighted by Gasteiger charge is -2.33. The molecule has 5 nitrogen and oxygen atoms in total. The van der Waals surface area contributed by atoms with Crippen molar-refractivity contribution in [1.82, 2.24) is 0 Å². The normalized spacial score (nSPS) is 19.2. The van der Waals surface area contributed by atoms with Gasteiger partial charge in [-0.05, 0) is 37.1 Å². The minimum atomic E-state index is -1.50. The Morgan fingerprint density at radius 1 is 1.35 bits per heavy atom. The van der Waals surface area contributed by atoms with Crippen LogP contribution in [0, 0.1) is 0 Å². The van der Waals surface area contributed by atoms with Gasteiger partial charge in [-0.25, -0.2) is 0 Å². The van der Waals surface area contributed by atoms with Crippen molar-refractivity contribution in [3.05, 3.63) is 24.3 Å². The predicted octanol–water partition coefficient (Wildman–Crippen LogP) is 1.09. The van der Waals surface area contributed by atoms with E-state index in [0.717, 1.165) is 0 Å². The summed E-state index contributed by atoms with van der Waals surface area (Å²) in [4.78, 5) is 12.4. The molecule has 1 amide bonds. The summed E-state index contributed by atoms with van der Waals surface area (Å²) in [5.74, 6) is 0.376. The zero-order chi connectivity index (χ0) is 14.6. The van der Waals surface area contributed by atoms with Gasteiger partial charge >= 0.3 is 0 Å². The van der Waals surface area contributed by atoms with Gasteiger partial charge in [0.2, 0.25) is 5.91 Å². The average Bonchev–Trinajstić information content (AvgIpc) is 2.48. The summed E-state index contributed by atoms with van der Waals surface area (Å²) >= 11 is 3.96. The molecule has 1 atom stereocenters. The monoisotopic (exact) mass is 315 g/mol. The van der Waals surface area contributed by atoms with Gasteiger partial charge in [0.25, 0.3) is 0 Å². The minimum Gasteiger partial charge on any atom is -0.483 e. The van der Waals surface area contributed by atoms with Crippen LogP contribution in [0.1, 0.15) is 12.8 Å². The number of primary amides is 1. The SMILES string of the molecule is NC(=O)C1(S(=O)c2ccc(OCS)cc2)CCOCC1. The third-order valence-corrected chi connectivity index (χ3v) is 5.52. The Bertz CT molecular complexity index is 498. The molecule has 7 heteroatoms. The lowest BCUT2D eigenvalue weighted by molar-refractivity contribution is -0.122. The minimum absolute atomic E-state index is 0.269. The number of ether oxygens (including phenoxy) is 2. The number of rotatable bonds is 5. The van der Waals surface area contributed by atoms with E-state index >= 15 is 0 Å². The van der Waals surface area contributed by atoms with Crippen LogP contribution in [0.5, 0.6) is 5.75 Å². The van der Waals surface area contributed by atoms with Gasteiger partial charge < -0.3 is 15.2 Å². The topological polar surface area (TPSA) is 78.6 Å². The number of thiol groups is 1. The van der Waals surface area contributed by atoms with Gasteiger partial charge in [0.1, 0.15) is 16.4 Å². The third-order valence-electron chi connectivity index (χ3n) is 3.37. The number of amides is 1. The van der Waals surface area contributed by atoms with Crippen molar-refractivity contribution in [3.63, 3.8) is 0 Å². The highest BCUT2D eigenvalue weighted by Gasteiger charge is 2.45. The molecule has 0 radical (unpaired) electrons. The first-order chi connectivity index (χ1) is 9.60. The predicted molar refractivity (Wildman–Crippen MR) is 79.3 cm³/mol. The molecule has 1 fully saturated rings. The van der Waals surface area contributed by atoms with Crippen LogP contribution >= 0.6 is 12.6 Å². The molecule has 1 aliphatic rings. The lowest BCUT2D eigenvalue weighted by atomic mass is 9.98. The molecule has 0 spiro atoms. The second kappa shape index (κ2) is 6.60. The van der Waals surface area contributed by atoms with Crippen LogP contribution in [0.2, 0.25) is 0 Å². The van der Waals surface area contributed by atoms with Gasteiger partial charge in [0.05, 0.1) is 10.8 Å². The Kier molecular flexibility index (Phi) is 5.06. The van der Waals surface area contributed by atoms with E-state index in [1.54, 1.807) is 24.3 Å². The molecule has 1 aliphatic heterocycles. The van der Waals surface area contributed by atoms with Crippen LogP contribution in [-0.4, -0.2) is 34.0 Å². The first-order valence-electron chi connectivity index (χ1n) is 6.23. The smallest absolute Gasteiger partial charge is 0.236 e. The van der Waals surface area contributed by atoms with Crippen molar-refractivity contribution in [3.8, 4) is 5.75 Å². The Labute approximate surface area is 125 Å². The summed E-state index contributed by atoms with van der Waals surface area (Å²) in [6.07, 6.45) is 0.758. The van der Waals surface area contributed by atoms with Gasteiger partial charge in [-0.3, -0.25) is 9.00 Å². The van der Waals surface area contributed by atoms with Crippen molar-refractivity contribution < 1.29 is 18.5 Å². The number of nitrogens with two attached hydrogens (primary N) is 1. The standard InChI is InChI=1S/C13H17NO4S2/c14-12(15)13(5-7-17-8-6-13)20(16)11-3-1-10(2-4-11)18-9-19/h1-4,19H,5-9H2,(H2,14,15). The molecule has 1 aromatic rings. The zero-order valence-corrected chi connectivity index (χ0v) is 12.6. The molecule has 1 saturated heterocycles. The molecule has 0 saturated carbocycles. The van der Waals surface area contributed by atoms with Crippen LogP contribution in [0.4, 0.5) is 0 Å². The van der Waals surface area contributed by atoms with Gasteiger partial charge in [-0.2, -0.15) is 0 Å². The number of benzene rings is 1. The van der Waals surface area contributed by atoms with Crippen molar-refractivity contribution in [2.45, 2.75) is 22.5 Å². The van der Waals surface area contributed by atoms with E-state index in [2.05, 4.69) is 12.6 Å². The maximum absolute atomic E-state index is 12.7. The maximum Gasteiger partial charge on any atom is 0.236 e. The van der Waals surface area contributed by atoms with Crippen molar-refractivity contribution in [2.75, 3.05) is 19.2 Å². The van der Waals surface area contributed by atoms with Crippen molar-refractivity contribution >= 4 is 29.3 Å². The fourth-order valence-electron chi connectivity index (χ4n) is 2.18. The number of hydrogen-bond donors (Lipinski definition) is 2. The van der Waals surface area contributed by atoms with E-state index in [4.69, 9.17) is 15.2 Å². The molecule has 1 heterocycles. The maximum atomic E-state index is 12.7. The fraction of sp³-hybridized carbons (Fsp3) is 0.462. The zero-order valence-electron chi connectivity index (χ0n) is 10.9. The molecule has 0 aromatic heterocycles. The number of carbonyl (C=O) groups is 1. The highest BCUT2D eigenvalue weighted by atomic mass is 32.2. The Balaban J connectivity index is 2.25. The van der Waals surface area contributed by atoms with Crippen LogP contribution < -0.4 is 10.5 Å². The first kappa shape index (κ1) is 15.3.